The van der Waals surface area contributed by atoms with E-state index in [1.54, 1.807) is 0 Å². The molecule has 3 unspecified atom stereocenters. The van der Waals surface area contributed by atoms with Gasteiger partial charge in [-0.05, 0) is 13.0 Å². The Hall–Kier alpha value is -0.260. The second-order valence-corrected chi connectivity index (χ2v) is 7.38. The minimum absolute atomic E-state index is 0.00710. The fourth-order valence-electron chi connectivity index (χ4n) is 1.80. The second-order valence-electron chi connectivity index (χ2n) is 4.39. The van der Waals surface area contributed by atoms with Gasteiger partial charge >= 0.3 is 0 Å². The summed E-state index contributed by atoms with van der Waals surface area (Å²) in [7, 11) is 0. The summed E-state index contributed by atoms with van der Waals surface area (Å²) >= 11 is 3.93. The minimum Gasteiger partial charge on any atom is -0.390 e. The van der Waals surface area contributed by atoms with Crippen LogP contribution in [0.5, 0.6) is 0 Å². The van der Waals surface area contributed by atoms with Gasteiger partial charge < -0.3 is 5.11 Å². The lowest BCUT2D eigenvalue weighted by Crippen LogP contribution is -2.23. The van der Waals surface area contributed by atoms with Crippen LogP contribution in [0.4, 0.5) is 0 Å². The third kappa shape index (κ3) is 3.14. The lowest BCUT2D eigenvalue weighted by molar-refractivity contribution is 0.276. The van der Waals surface area contributed by atoms with Gasteiger partial charge in [-0.25, -0.2) is 9.97 Å². The first-order valence-electron chi connectivity index (χ1n) is 5.82. The first kappa shape index (κ1) is 13.2. The summed E-state index contributed by atoms with van der Waals surface area (Å²) in [4.78, 5) is 8.95. The van der Waals surface area contributed by atoms with Crippen LogP contribution in [-0.2, 0) is 6.61 Å². The molecular weight excluding hydrogens is 252 g/mol. The number of thioether (sulfide) groups is 2. The van der Waals surface area contributed by atoms with Crippen molar-refractivity contribution in [2.24, 2.45) is 0 Å². The van der Waals surface area contributed by atoms with Gasteiger partial charge in [-0.1, -0.05) is 13.8 Å². The molecule has 94 valence electrons. The lowest BCUT2D eigenvalue weighted by Gasteiger charge is -2.30. The number of aliphatic hydroxyl groups is 1. The highest BCUT2D eigenvalue weighted by molar-refractivity contribution is 8.07. The molecule has 3 atom stereocenters. The number of aryl methyl sites for hydroxylation is 1. The molecular formula is C12H18N2OS2. The lowest BCUT2D eigenvalue weighted by atomic mass is 10.3. The van der Waals surface area contributed by atoms with Crippen LogP contribution in [0.25, 0.3) is 0 Å². The first-order valence-corrected chi connectivity index (χ1v) is 7.81. The molecule has 1 saturated heterocycles. The quantitative estimate of drug-likeness (QED) is 0.895. The molecule has 17 heavy (non-hydrogen) atoms. The minimum atomic E-state index is -0.00710. The van der Waals surface area contributed by atoms with Crippen molar-refractivity contribution in [1.82, 2.24) is 9.97 Å². The van der Waals surface area contributed by atoms with E-state index in [2.05, 4.69) is 23.8 Å². The fourth-order valence-corrected chi connectivity index (χ4v) is 4.65. The summed E-state index contributed by atoms with van der Waals surface area (Å²) in [6.07, 6.45) is 0. The van der Waals surface area contributed by atoms with E-state index in [4.69, 9.17) is 0 Å². The van der Waals surface area contributed by atoms with Crippen LogP contribution in [-0.4, -0.2) is 31.3 Å². The molecule has 2 heterocycles. The molecule has 0 spiro atoms. The highest BCUT2D eigenvalue weighted by Gasteiger charge is 2.28. The van der Waals surface area contributed by atoms with Gasteiger partial charge in [-0.15, -0.1) is 11.8 Å². The largest absolute Gasteiger partial charge is 0.390 e. The van der Waals surface area contributed by atoms with Crippen molar-refractivity contribution in [3.05, 3.63) is 23.3 Å². The van der Waals surface area contributed by atoms with Crippen molar-refractivity contribution in [2.75, 3.05) is 5.75 Å². The number of nitrogens with zero attached hydrogens (tertiary/aromatic N) is 2. The highest BCUT2D eigenvalue weighted by atomic mass is 32.2. The molecule has 1 aromatic heterocycles. The van der Waals surface area contributed by atoms with Gasteiger partial charge in [0.1, 0.15) is 5.82 Å². The standard InChI is InChI=1S/C12H18N2OS2/c1-7-4-10(5-15)14-12(13-7)11-6-16-8(2)9(3)17-11/h4,8-9,11,15H,5-6H2,1-3H3. The summed E-state index contributed by atoms with van der Waals surface area (Å²) in [5.74, 6) is 1.94. The summed E-state index contributed by atoms with van der Waals surface area (Å²) in [5.41, 5.74) is 1.67. The van der Waals surface area contributed by atoms with Crippen LogP contribution in [0.3, 0.4) is 0 Å². The van der Waals surface area contributed by atoms with Gasteiger partial charge in [-0.3, -0.25) is 0 Å². The van der Waals surface area contributed by atoms with E-state index in [9.17, 15) is 5.11 Å². The zero-order chi connectivity index (χ0) is 12.4. The summed E-state index contributed by atoms with van der Waals surface area (Å²) in [6, 6.07) is 1.84. The Bertz CT molecular complexity index is 400. The Kier molecular flexibility index (Phi) is 4.33. The molecule has 0 aliphatic carbocycles. The number of hydrogen-bond donors (Lipinski definition) is 1. The van der Waals surface area contributed by atoms with Crippen molar-refractivity contribution < 1.29 is 5.11 Å². The first-order chi connectivity index (χ1) is 8.10. The van der Waals surface area contributed by atoms with Gasteiger partial charge in [0.05, 0.1) is 17.6 Å². The topological polar surface area (TPSA) is 46.0 Å². The molecule has 2 rings (SSSR count). The van der Waals surface area contributed by atoms with E-state index < -0.39 is 0 Å². The molecule has 0 aromatic carbocycles. The molecule has 0 bridgehead atoms. The number of aromatic nitrogens is 2. The monoisotopic (exact) mass is 270 g/mol. The predicted molar refractivity (Wildman–Crippen MR) is 74.4 cm³/mol. The van der Waals surface area contributed by atoms with E-state index in [-0.39, 0.29) is 6.61 Å². The Balaban J connectivity index is 2.19. The maximum Gasteiger partial charge on any atom is 0.142 e. The number of rotatable bonds is 2. The number of aliphatic hydroxyl groups excluding tert-OH is 1. The Morgan fingerprint density at radius 3 is 2.76 bits per heavy atom. The third-order valence-corrected chi connectivity index (χ3v) is 6.31. The summed E-state index contributed by atoms with van der Waals surface area (Å²) in [5, 5.41) is 10.9. The van der Waals surface area contributed by atoms with Crippen LogP contribution >= 0.6 is 23.5 Å². The third-order valence-electron chi connectivity index (χ3n) is 2.93. The number of hydrogen-bond acceptors (Lipinski definition) is 5. The van der Waals surface area contributed by atoms with Gasteiger partial charge in [0, 0.05) is 21.9 Å². The molecule has 0 amide bonds. The molecule has 1 aliphatic heterocycles. The van der Waals surface area contributed by atoms with Crippen LogP contribution in [0.1, 0.15) is 36.3 Å². The van der Waals surface area contributed by atoms with Crippen LogP contribution in [0, 0.1) is 6.92 Å². The molecule has 0 saturated carbocycles. The van der Waals surface area contributed by atoms with Crippen molar-refractivity contribution in [1.29, 1.82) is 0 Å². The predicted octanol–water partition coefficient (Wildman–Crippen LogP) is 2.58. The Labute approximate surface area is 111 Å². The molecule has 1 aliphatic rings. The Morgan fingerprint density at radius 1 is 1.35 bits per heavy atom. The Morgan fingerprint density at radius 2 is 2.12 bits per heavy atom. The average molecular weight is 270 g/mol. The van der Waals surface area contributed by atoms with Crippen LogP contribution in [0.2, 0.25) is 0 Å². The van der Waals surface area contributed by atoms with E-state index in [0.717, 1.165) is 23.0 Å². The zero-order valence-electron chi connectivity index (χ0n) is 10.4. The smallest absolute Gasteiger partial charge is 0.142 e. The van der Waals surface area contributed by atoms with Crippen LogP contribution in [0.15, 0.2) is 6.07 Å². The highest BCUT2D eigenvalue weighted by Crippen LogP contribution is 2.43. The zero-order valence-corrected chi connectivity index (χ0v) is 12.0. The molecule has 3 nitrogen and oxygen atoms in total. The second kappa shape index (κ2) is 5.59. The van der Waals surface area contributed by atoms with Crippen molar-refractivity contribution in [3.63, 3.8) is 0 Å². The molecule has 1 fully saturated rings. The fraction of sp³-hybridized carbons (Fsp3) is 0.667. The van der Waals surface area contributed by atoms with Crippen molar-refractivity contribution in [2.45, 2.75) is 43.1 Å². The molecule has 0 radical (unpaired) electrons. The average Bonchev–Trinajstić information content (AvgIpc) is 2.32. The van der Waals surface area contributed by atoms with Gasteiger partial charge in [-0.2, -0.15) is 11.8 Å². The molecule has 1 N–H and O–H groups in total. The van der Waals surface area contributed by atoms with Gasteiger partial charge in [0.2, 0.25) is 0 Å². The summed E-state index contributed by atoms with van der Waals surface area (Å²) < 4.78 is 0. The van der Waals surface area contributed by atoms with Gasteiger partial charge in [0.15, 0.2) is 0 Å². The van der Waals surface area contributed by atoms with E-state index in [1.165, 1.54) is 0 Å². The van der Waals surface area contributed by atoms with Gasteiger partial charge in [0.25, 0.3) is 0 Å². The summed E-state index contributed by atoms with van der Waals surface area (Å²) in [6.45, 7) is 6.48. The molecule has 5 heteroatoms. The molecule has 1 aromatic rings. The van der Waals surface area contributed by atoms with Crippen LogP contribution < -0.4 is 0 Å². The van der Waals surface area contributed by atoms with E-state index in [1.807, 2.05) is 36.5 Å². The van der Waals surface area contributed by atoms with Crippen molar-refractivity contribution >= 4 is 23.5 Å². The SMILES string of the molecule is Cc1cc(CO)nc(C2CSC(C)C(C)S2)n1. The maximum atomic E-state index is 9.18. The van der Waals surface area contributed by atoms with Crippen molar-refractivity contribution in [3.8, 4) is 0 Å². The normalized spacial score (nSPS) is 29.3. The van der Waals surface area contributed by atoms with E-state index in [0.29, 0.717) is 15.7 Å². The van der Waals surface area contributed by atoms with E-state index >= 15 is 0 Å². The maximum absolute atomic E-state index is 9.18.